The Hall–Kier alpha value is -3.70. The molecule has 0 radical (unpaired) electrons. The molecule has 1 aromatic heterocycles. The van der Waals surface area contributed by atoms with E-state index >= 15 is 0 Å². The lowest BCUT2D eigenvalue weighted by Gasteiger charge is -2.28. The van der Waals surface area contributed by atoms with E-state index in [2.05, 4.69) is 33.8 Å². The van der Waals surface area contributed by atoms with Crippen LogP contribution in [-0.4, -0.2) is 42.1 Å². The number of fused-ring (bicyclic) bond motifs is 1. The van der Waals surface area contributed by atoms with Crippen molar-refractivity contribution in [2.75, 3.05) is 16.6 Å². The summed E-state index contributed by atoms with van der Waals surface area (Å²) in [5, 5.41) is 18.3. The highest BCUT2D eigenvalue weighted by Crippen LogP contribution is 2.24. The number of nitrogens with zero attached hydrogens (tertiary/aromatic N) is 1. The second-order valence-corrected chi connectivity index (χ2v) is 13.4. The minimum atomic E-state index is -3.72. The van der Waals surface area contributed by atoms with Crippen LogP contribution in [0.15, 0.2) is 90.0 Å². The molecule has 3 atom stereocenters. The van der Waals surface area contributed by atoms with Crippen LogP contribution >= 0.6 is 0 Å². The van der Waals surface area contributed by atoms with Gasteiger partial charge in [-0.25, -0.2) is 8.42 Å². The van der Waals surface area contributed by atoms with Crippen LogP contribution in [0.5, 0.6) is 0 Å². The first-order chi connectivity index (χ1) is 20.4. The Bertz CT molecular complexity index is 1640. The molecular formula is C33H43N5O4S. The average molecular weight is 606 g/mol. The van der Waals surface area contributed by atoms with E-state index in [4.69, 9.17) is 5.73 Å². The summed E-state index contributed by atoms with van der Waals surface area (Å²) in [7, 11) is -3.72. The summed E-state index contributed by atoms with van der Waals surface area (Å²) < 4.78 is 30.2. The second-order valence-electron chi connectivity index (χ2n) is 11.8. The molecule has 0 aliphatic carbocycles. The van der Waals surface area contributed by atoms with Crippen molar-refractivity contribution in [3.63, 3.8) is 0 Å². The van der Waals surface area contributed by atoms with Crippen molar-refractivity contribution in [2.24, 2.45) is 11.7 Å². The molecular weight excluding hydrogens is 562 g/mol. The molecule has 0 fully saturated rings. The highest BCUT2D eigenvalue weighted by Gasteiger charge is 2.22. The van der Waals surface area contributed by atoms with Crippen LogP contribution in [0.2, 0.25) is 0 Å². The number of sulfonamides is 1. The molecule has 1 amide bonds. The number of hydrogen-bond donors (Lipinski definition) is 5. The van der Waals surface area contributed by atoms with Gasteiger partial charge >= 0.3 is 0 Å². The number of aromatic nitrogens is 1. The number of aliphatic hydroxyl groups is 1. The van der Waals surface area contributed by atoms with Gasteiger partial charge in [-0.05, 0) is 80.3 Å². The number of nitrogens with one attached hydrogen (secondary N) is 3. The van der Waals surface area contributed by atoms with Gasteiger partial charge in [0.15, 0.2) is 0 Å². The van der Waals surface area contributed by atoms with Crippen molar-refractivity contribution in [3.05, 3.63) is 90.6 Å². The number of nitrogens with two attached hydrogens (primary N) is 1. The number of carbonyl (C=O) groups is 1. The third-order valence-electron chi connectivity index (χ3n) is 7.93. The summed E-state index contributed by atoms with van der Waals surface area (Å²) >= 11 is 0. The number of benzene rings is 3. The smallest absolute Gasteiger partial charge is 0.261 e. The molecule has 1 heterocycles. The lowest BCUT2D eigenvalue weighted by molar-refractivity contribution is -0.118. The fourth-order valence-corrected chi connectivity index (χ4v) is 5.88. The van der Waals surface area contributed by atoms with Gasteiger partial charge in [0.2, 0.25) is 5.91 Å². The van der Waals surface area contributed by atoms with E-state index in [0.29, 0.717) is 17.8 Å². The molecule has 4 aromatic rings. The summed E-state index contributed by atoms with van der Waals surface area (Å²) in [6.45, 7) is 9.22. The van der Waals surface area contributed by atoms with Crippen molar-refractivity contribution in [1.82, 2.24) is 9.88 Å². The predicted octanol–water partition coefficient (Wildman–Crippen LogP) is 5.25. The molecule has 1 unspecified atom stereocenters. The average Bonchev–Trinajstić information content (AvgIpc) is 3.40. The number of β-amino-alcohol motifs (C(OH)–C–C–N with tert-alkyl or cyclic N) is 1. The normalized spacial score (nSPS) is 14.3. The molecule has 4 rings (SSSR count). The standard InChI is InChI=1S/C33H43N5O4S/c1-5-23(2)31(34)32(40)36-26-14-15-29-24(20-26)16-18-38(29)19-17-33(3,4)35-22-30(39)25-10-9-11-27(21-25)37-43(41,42)28-12-7-6-8-13-28/h6-16,18,20-21,23,30-31,35,37,39H,5,17,19,22,34H2,1-4H3,(H,36,40)/t23-,30?,31-/m0/s1. The van der Waals surface area contributed by atoms with Gasteiger partial charge < -0.3 is 26.0 Å². The van der Waals surface area contributed by atoms with E-state index in [-0.39, 0.29) is 22.3 Å². The quantitative estimate of drug-likeness (QED) is 0.133. The predicted molar refractivity (Wildman–Crippen MR) is 173 cm³/mol. The summed E-state index contributed by atoms with van der Waals surface area (Å²) in [5.41, 5.74) is 8.58. The number of rotatable bonds is 14. The Labute approximate surface area is 254 Å². The Morgan fingerprint density at radius 1 is 1.00 bits per heavy atom. The summed E-state index contributed by atoms with van der Waals surface area (Å²) in [4.78, 5) is 12.7. The van der Waals surface area contributed by atoms with Crippen LogP contribution in [0, 0.1) is 5.92 Å². The van der Waals surface area contributed by atoms with Crippen molar-refractivity contribution < 1.29 is 18.3 Å². The van der Waals surface area contributed by atoms with Crippen molar-refractivity contribution in [3.8, 4) is 0 Å². The van der Waals surface area contributed by atoms with Crippen LogP contribution < -0.4 is 21.1 Å². The number of hydrogen-bond acceptors (Lipinski definition) is 6. The molecule has 9 nitrogen and oxygen atoms in total. The van der Waals surface area contributed by atoms with Gasteiger partial charge in [-0.15, -0.1) is 0 Å². The molecule has 230 valence electrons. The molecule has 6 N–H and O–H groups in total. The van der Waals surface area contributed by atoms with E-state index < -0.39 is 22.2 Å². The van der Waals surface area contributed by atoms with Crippen LogP contribution in [0.25, 0.3) is 10.9 Å². The van der Waals surface area contributed by atoms with E-state index in [9.17, 15) is 18.3 Å². The Morgan fingerprint density at radius 2 is 1.74 bits per heavy atom. The molecule has 0 bridgehead atoms. The first kappa shape index (κ1) is 32.2. The van der Waals surface area contributed by atoms with Crippen LogP contribution in [0.1, 0.15) is 52.2 Å². The van der Waals surface area contributed by atoms with Crippen molar-refractivity contribution >= 4 is 38.2 Å². The number of amides is 1. The number of anilines is 2. The summed E-state index contributed by atoms with van der Waals surface area (Å²) in [6, 6.07) is 22.3. The maximum Gasteiger partial charge on any atom is 0.261 e. The van der Waals surface area contributed by atoms with E-state index in [1.165, 1.54) is 12.1 Å². The largest absolute Gasteiger partial charge is 0.387 e. The molecule has 0 spiro atoms. The van der Waals surface area contributed by atoms with E-state index in [1.54, 1.807) is 42.5 Å². The summed E-state index contributed by atoms with van der Waals surface area (Å²) in [6.07, 6.45) is 2.85. The molecule has 3 aromatic carbocycles. The lowest BCUT2D eigenvalue weighted by Crippen LogP contribution is -2.42. The van der Waals surface area contributed by atoms with Gasteiger partial charge in [0.1, 0.15) is 0 Å². The van der Waals surface area contributed by atoms with E-state index in [1.807, 2.05) is 44.3 Å². The fourth-order valence-electron chi connectivity index (χ4n) is 4.81. The van der Waals surface area contributed by atoms with Gasteiger partial charge in [0.05, 0.1) is 17.0 Å². The summed E-state index contributed by atoms with van der Waals surface area (Å²) in [5.74, 6) is -0.0721. The van der Waals surface area contributed by atoms with Crippen LogP contribution in [-0.2, 0) is 21.4 Å². The zero-order chi connectivity index (χ0) is 31.2. The number of aryl methyl sites for hydroxylation is 1. The first-order valence-electron chi connectivity index (χ1n) is 14.6. The Kier molecular flexibility index (Phi) is 10.3. The van der Waals surface area contributed by atoms with Gasteiger partial charge in [0.25, 0.3) is 10.0 Å². The maximum absolute atomic E-state index is 12.7. The van der Waals surface area contributed by atoms with Crippen molar-refractivity contribution in [1.29, 1.82) is 0 Å². The molecule has 0 saturated heterocycles. The molecule has 0 aliphatic rings. The third-order valence-corrected chi connectivity index (χ3v) is 9.32. The molecule has 43 heavy (non-hydrogen) atoms. The Morgan fingerprint density at radius 3 is 2.47 bits per heavy atom. The topological polar surface area (TPSA) is 138 Å². The fraction of sp³-hybridized carbons (Fsp3) is 0.364. The van der Waals surface area contributed by atoms with Gasteiger partial charge in [-0.2, -0.15) is 0 Å². The molecule has 10 heteroatoms. The monoisotopic (exact) mass is 605 g/mol. The highest BCUT2D eigenvalue weighted by molar-refractivity contribution is 7.92. The van der Waals surface area contributed by atoms with Crippen LogP contribution in [0.4, 0.5) is 11.4 Å². The van der Waals surface area contributed by atoms with Gasteiger partial charge in [-0.1, -0.05) is 50.6 Å². The highest BCUT2D eigenvalue weighted by atomic mass is 32.2. The minimum Gasteiger partial charge on any atom is -0.387 e. The second kappa shape index (κ2) is 13.7. The van der Waals surface area contributed by atoms with Crippen molar-refractivity contribution in [2.45, 2.75) is 69.7 Å². The van der Waals surface area contributed by atoms with Crippen LogP contribution in [0.3, 0.4) is 0 Å². The third kappa shape index (κ3) is 8.45. The minimum absolute atomic E-state index is 0.105. The van der Waals surface area contributed by atoms with Gasteiger partial charge in [0, 0.05) is 47.1 Å². The van der Waals surface area contributed by atoms with Gasteiger partial charge in [-0.3, -0.25) is 9.52 Å². The molecule has 0 saturated carbocycles. The zero-order valence-electron chi connectivity index (χ0n) is 25.2. The SMILES string of the molecule is CC[C@H](C)[C@H](N)C(=O)Nc1ccc2c(ccn2CCC(C)(C)NCC(O)c2cccc(NS(=O)(=O)c3ccccc3)c2)c1. The first-order valence-corrected chi connectivity index (χ1v) is 16.1. The number of carbonyl (C=O) groups excluding carboxylic acids is 1. The zero-order valence-corrected chi connectivity index (χ0v) is 26.1. The van der Waals surface area contributed by atoms with E-state index in [0.717, 1.165) is 36.0 Å². The lowest BCUT2D eigenvalue weighted by atomic mass is 9.99. The number of aliphatic hydroxyl groups excluding tert-OH is 1. The molecule has 0 aliphatic heterocycles. The maximum atomic E-state index is 12.7. The Balaban J connectivity index is 1.32.